The number of carbonyl (C=O) groups is 1. The highest BCUT2D eigenvalue weighted by atomic mass is 35.5. The molecule has 0 N–H and O–H groups in total. The molecule has 2 aliphatic heterocycles. The topological polar surface area (TPSA) is 34.5 Å². The smallest absolute Gasteiger partial charge is 0.254 e. The molecule has 1 spiro atoms. The lowest BCUT2D eigenvalue weighted by Gasteiger charge is -2.45. The van der Waals surface area contributed by atoms with E-state index in [1.54, 1.807) is 0 Å². The first-order valence-corrected chi connectivity index (χ1v) is 10.4. The minimum absolute atomic E-state index is 0.104. The summed E-state index contributed by atoms with van der Waals surface area (Å²) < 4.78 is 8.75. The van der Waals surface area contributed by atoms with Gasteiger partial charge in [-0.25, -0.2) is 0 Å². The molecule has 0 aliphatic carbocycles. The standard InChI is InChI=1S/C24H23ClN2O2/c1-16-5-7-19(17(2)14-16)23(28)26-12-9-24(10-13-26)22-4-3-11-27(22)20-8-6-18(25)15-21(20)29-24/h3-8,11,14-15H,9-10,12-13H2,1-2H3. The number of halogens is 1. The Bertz CT molecular complexity index is 1110. The van der Waals surface area contributed by atoms with Gasteiger partial charge in [0.2, 0.25) is 0 Å². The highest BCUT2D eigenvalue weighted by Gasteiger charge is 2.44. The number of amides is 1. The van der Waals surface area contributed by atoms with E-state index in [1.807, 2.05) is 49.1 Å². The number of fused-ring (bicyclic) bond motifs is 4. The van der Waals surface area contributed by atoms with Gasteiger partial charge in [0, 0.05) is 48.8 Å². The molecular formula is C24H23ClN2O2. The third-order valence-corrected chi connectivity index (χ3v) is 6.41. The van der Waals surface area contributed by atoms with Gasteiger partial charge >= 0.3 is 0 Å². The maximum absolute atomic E-state index is 13.1. The molecule has 1 aromatic heterocycles. The second-order valence-corrected chi connectivity index (χ2v) is 8.52. The van der Waals surface area contributed by atoms with Crippen LogP contribution >= 0.6 is 11.6 Å². The van der Waals surface area contributed by atoms with Crippen molar-refractivity contribution in [1.82, 2.24) is 9.47 Å². The van der Waals surface area contributed by atoms with Gasteiger partial charge in [0.05, 0.1) is 11.4 Å². The summed E-state index contributed by atoms with van der Waals surface area (Å²) in [5.74, 6) is 0.905. The molecule has 1 fully saturated rings. The number of rotatable bonds is 1. The van der Waals surface area contributed by atoms with E-state index < -0.39 is 5.60 Å². The number of carbonyl (C=O) groups excluding carboxylic acids is 1. The van der Waals surface area contributed by atoms with Crippen molar-refractivity contribution in [3.05, 3.63) is 82.1 Å². The summed E-state index contributed by atoms with van der Waals surface area (Å²) in [6, 6.07) is 16.0. The van der Waals surface area contributed by atoms with Gasteiger partial charge in [-0.15, -0.1) is 0 Å². The van der Waals surface area contributed by atoms with E-state index in [2.05, 4.69) is 29.0 Å². The van der Waals surface area contributed by atoms with Crippen LogP contribution in [0, 0.1) is 13.8 Å². The SMILES string of the molecule is Cc1ccc(C(=O)N2CCC3(CC2)Oc2cc(Cl)ccc2-n2cccc23)c(C)c1. The Kier molecular flexibility index (Phi) is 4.21. The zero-order valence-corrected chi connectivity index (χ0v) is 17.4. The lowest BCUT2D eigenvalue weighted by molar-refractivity contribution is -0.00931. The first kappa shape index (κ1) is 18.3. The fourth-order valence-corrected chi connectivity index (χ4v) is 4.81. The number of aryl methyl sites for hydroxylation is 2. The van der Waals surface area contributed by atoms with Gasteiger partial charge in [-0.3, -0.25) is 4.79 Å². The van der Waals surface area contributed by atoms with Crippen LogP contribution in [0.25, 0.3) is 5.69 Å². The highest BCUT2D eigenvalue weighted by Crippen LogP contribution is 2.45. The van der Waals surface area contributed by atoms with Gasteiger partial charge in [0.15, 0.2) is 5.60 Å². The summed E-state index contributed by atoms with van der Waals surface area (Å²) in [7, 11) is 0. The van der Waals surface area contributed by atoms with Crippen molar-refractivity contribution in [3.63, 3.8) is 0 Å². The van der Waals surface area contributed by atoms with E-state index >= 15 is 0 Å². The molecule has 2 aromatic carbocycles. The number of benzene rings is 2. The summed E-state index contributed by atoms with van der Waals surface area (Å²) >= 11 is 6.22. The van der Waals surface area contributed by atoms with Crippen LogP contribution in [0.5, 0.6) is 5.75 Å². The average molecular weight is 407 g/mol. The lowest BCUT2D eigenvalue weighted by Crippen LogP contribution is -2.50. The van der Waals surface area contributed by atoms with Gasteiger partial charge in [0.1, 0.15) is 5.75 Å². The highest BCUT2D eigenvalue weighted by molar-refractivity contribution is 6.30. The van der Waals surface area contributed by atoms with Crippen LogP contribution in [-0.4, -0.2) is 28.5 Å². The Labute approximate surface area is 175 Å². The zero-order valence-electron chi connectivity index (χ0n) is 16.6. The van der Waals surface area contributed by atoms with E-state index in [-0.39, 0.29) is 5.91 Å². The molecule has 3 aromatic rings. The Balaban J connectivity index is 1.42. The van der Waals surface area contributed by atoms with Crippen LogP contribution in [0.4, 0.5) is 0 Å². The third-order valence-electron chi connectivity index (χ3n) is 6.17. The number of hydrogen-bond acceptors (Lipinski definition) is 2. The van der Waals surface area contributed by atoms with E-state index in [9.17, 15) is 4.79 Å². The minimum atomic E-state index is -0.430. The molecule has 0 saturated carbocycles. The molecular weight excluding hydrogens is 384 g/mol. The van der Waals surface area contributed by atoms with E-state index in [1.165, 1.54) is 5.56 Å². The van der Waals surface area contributed by atoms with Crippen LogP contribution in [0.2, 0.25) is 5.02 Å². The number of piperidine rings is 1. The monoisotopic (exact) mass is 406 g/mol. The summed E-state index contributed by atoms with van der Waals surface area (Å²) in [4.78, 5) is 15.1. The molecule has 148 valence electrons. The first-order chi connectivity index (χ1) is 14.0. The normalized spacial score (nSPS) is 16.9. The predicted molar refractivity (Wildman–Crippen MR) is 114 cm³/mol. The van der Waals surface area contributed by atoms with E-state index in [4.69, 9.17) is 16.3 Å². The third kappa shape index (κ3) is 2.94. The van der Waals surface area contributed by atoms with Crippen molar-refractivity contribution in [1.29, 1.82) is 0 Å². The molecule has 0 bridgehead atoms. The van der Waals surface area contributed by atoms with Crippen LogP contribution < -0.4 is 4.74 Å². The van der Waals surface area contributed by atoms with Crippen LogP contribution in [0.15, 0.2) is 54.7 Å². The molecule has 1 saturated heterocycles. The Morgan fingerprint density at radius 3 is 2.62 bits per heavy atom. The van der Waals surface area contributed by atoms with Crippen molar-refractivity contribution in [2.75, 3.05) is 13.1 Å². The largest absolute Gasteiger partial charge is 0.479 e. The predicted octanol–water partition coefficient (Wildman–Crippen LogP) is 5.27. The molecule has 0 unspecified atom stereocenters. The lowest BCUT2D eigenvalue weighted by atomic mass is 9.86. The van der Waals surface area contributed by atoms with Crippen molar-refractivity contribution < 1.29 is 9.53 Å². The maximum atomic E-state index is 13.1. The summed E-state index contributed by atoms with van der Waals surface area (Å²) in [6.07, 6.45) is 3.57. The van der Waals surface area contributed by atoms with E-state index in [0.29, 0.717) is 18.1 Å². The summed E-state index contributed by atoms with van der Waals surface area (Å²) in [6.45, 7) is 5.37. The second-order valence-electron chi connectivity index (χ2n) is 8.08. The molecule has 29 heavy (non-hydrogen) atoms. The molecule has 5 rings (SSSR count). The fraction of sp³-hybridized carbons (Fsp3) is 0.292. The van der Waals surface area contributed by atoms with Gasteiger partial charge in [-0.1, -0.05) is 29.3 Å². The molecule has 0 atom stereocenters. The van der Waals surface area contributed by atoms with Crippen molar-refractivity contribution in [2.24, 2.45) is 0 Å². The Morgan fingerprint density at radius 2 is 1.86 bits per heavy atom. The number of aromatic nitrogens is 1. The second kappa shape index (κ2) is 6.67. The van der Waals surface area contributed by atoms with Gasteiger partial charge in [0.25, 0.3) is 5.91 Å². The molecule has 5 heteroatoms. The van der Waals surface area contributed by atoms with Crippen molar-refractivity contribution >= 4 is 17.5 Å². The quantitative estimate of drug-likeness (QED) is 0.551. The minimum Gasteiger partial charge on any atom is -0.479 e. The number of hydrogen-bond donors (Lipinski definition) is 0. The average Bonchev–Trinajstić information content (AvgIpc) is 3.19. The number of ether oxygens (including phenoxy) is 1. The van der Waals surface area contributed by atoms with E-state index in [0.717, 1.165) is 41.1 Å². The van der Waals surface area contributed by atoms with Gasteiger partial charge in [-0.2, -0.15) is 0 Å². The molecule has 0 radical (unpaired) electrons. The van der Waals surface area contributed by atoms with Crippen molar-refractivity contribution in [3.8, 4) is 11.4 Å². The van der Waals surface area contributed by atoms with Gasteiger partial charge < -0.3 is 14.2 Å². The molecule has 2 aliphatic rings. The summed E-state index contributed by atoms with van der Waals surface area (Å²) in [5.41, 5.74) is 4.71. The Morgan fingerprint density at radius 1 is 1.07 bits per heavy atom. The number of nitrogens with zero attached hydrogens (tertiary/aromatic N) is 2. The zero-order chi connectivity index (χ0) is 20.2. The van der Waals surface area contributed by atoms with Crippen LogP contribution in [-0.2, 0) is 5.60 Å². The Hall–Kier alpha value is -2.72. The molecule has 1 amide bonds. The molecule has 4 nitrogen and oxygen atoms in total. The van der Waals surface area contributed by atoms with Crippen molar-refractivity contribution in [2.45, 2.75) is 32.3 Å². The fourth-order valence-electron chi connectivity index (χ4n) is 4.65. The van der Waals surface area contributed by atoms with Gasteiger partial charge in [-0.05, 0) is 49.7 Å². The van der Waals surface area contributed by atoms with Crippen LogP contribution in [0.3, 0.4) is 0 Å². The maximum Gasteiger partial charge on any atom is 0.254 e. The number of likely N-dealkylation sites (tertiary alicyclic amines) is 1. The summed E-state index contributed by atoms with van der Waals surface area (Å²) in [5, 5.41) is 0.664. The first-order valence-electron chi connectivity index (χ1n) is 10.0. The van der Waals surface area contributed by atoms with Crippen LogP contribution in [0.1, 0.15) is 40.0 Å². The molecule has 3 heterocycles.